The summed E-state index contributed by atoms with van der Waals surface area (Å²) >= 11 is 0. The van der Waals surface area contributed by atoms with Crippen molar-refractivity contribution in [1.82, 2.24) is 9.80 Å². The number of hydrogen-bond acceptors (Lipinski definition) is 3. The first-order valence-electron chi connectivity index (χ1n) is 10.0. The van der Waals surface area contributed by atoms with Gasteiger partial charge in [-0.1, -0.05) is 31.2 Å². The van der Waals surface area contributed by atoms with Crippen LogP contribution in [0.3, 0.4) is 0 Å². The highest BCUT2D eigenvalue weighted by Crippen LogP contribution is 2.19. The Hall–Kier alpha value is -1.59. The van der Waals surface area contributed by atoms with E-state index in [4.69, 9.17) is 15.5 Å². The minimum atomic E-state index is 0.293. The van der Waals surface area contributed by atoms with Crippen LogP contribution in [0.2, 0.25) is 0 Å². The van der Waals surface area contributed by atoms with Crippen LogP contribution in [-0.4, -0.2) is 54.1 Å². The molecule has 0 spiro atoms. The van der Waals surface area contributed by atoms with Crippen molar-refractivity contribution in [1.29, 1.82) is 0 Å². The molecule has 5 heteroatoms. The van der Waals surface area contributed by atoms with E-state index in [0.29, 0.717) is 24.7 Å². The molecule has 0 radical (unpaired) electrons. The number of nitrogens with two attached hydrogens (primary N) is 1. The molecule has 0 bridgehead atoms. The van der Waals surface area contributed by atoms with E-state index in [2.05, 4.69) is 54.8 Å². The average Bonchev–Trinajstić information content (AvgIpc) is 2.60. The van der Waals surface area contributed by atoms with E-state index in [0.717, 1.165) is 38.6 Å². The molecule has 0 amide bonds. The SMILES string of the molecule is CC1CCN(C(N)=NCc2ccccc2CN2CC(C)OC(C)C2)CC1. The van der Waals surface area contributed by atoms with Crippen LogP contribution in [0.15, 0.2) is 29.3 Å². The highest BCUT2D eigenvalue weighted by Gasteiger charge is 2.22. The lowest BCUT2D eigenvalue weighted by atomic mass is 10.00. The number of hydrogen-bond donors (Lipinski definition) is 1. The van der Waals surface area contributed by atoms with E-state index in [1.165, 1.54) is 24.0 Å². The van der Waals surface area contributed by atoms with Gasteiger partial charge >= 0.3 is 0 Å². The van der Waals surface area contributed by atoms with E-state index in [1.54, 1.807) is 0 Å². The van der Waals surface area contributed by atoms with Crippen LogP contribution in [0.5, 0.6) is 0 Å². The van der Waals surface area contributed by atoms with Crippen molar-refractivity contribution in [3.63, 3.8) is 0 Å². The molecule has 2 heterocycles. The Bertz CT molecular complexity index is 600. The summed E-state index contributed by atoms with van der Waals surface area (Å²) in [4.78, 5) is 9.42. The number of morpholine rings is 1. The fraction of sp³-hybridized carbons (Fsp3) is 0.667. The first-order valence-corrected chi connectivity index (χ1v) is 10.0. The molecule has 1 aromatic rings. The average molecular weight is 359 g/mol. The zero-order valence-corrected chi connectivity index (χ0v) is 16.5. The van der Waals surface area contributed by atoms with Gasteiger partial charge in [0.15, 0.2) is 5.96 Å². The van der Waals surface area contributed by atoms with Gasteiger partial charge < -0.3 is 15.4 Å². The number of rotatable bonds is 4. The second-order valence-corrected chi connectivity index (χ2v) is 8.06. The smallest absolute Gasteiger partial charge is 0.191 e. The maximum atomic E-state index is 6.26. The van der Waals surface area contributed by atoms with Gasteiger partial charge in [-0.15, -0.1) is 0 Å². The zero-order valence-electron chi connectivity index (χ0n) is 16.5. The monoisotopic (exact) mass is 358 g/mol. The van der Waals surface area contributed by atoms with E-state index >= 15 is 0 Å². The van der Waals surface area contributed by atoms with E-state index in [9.17, 15) is 0 Å². The molecule has 0 aromatic heterocycles. The van der Waals surface area contributed by atoms with Gasteiger partial charge in [0, 0.05) is 32.7 Å². The lowest BCUT2D eigenvalue weighted by molar-refractivity contribution is -0.0705. The highest BCUT2D eigenvalue weighted by atomic mass is 16.5. The fourth-order valence-electron chi connectivity index (χ4n) is 4.02. The van der Waals surface area contributed by atoms with Crippen molar-refractivity contribution in [2.24, 2.45) is 16.6 Å². The molecule has 2 fully saturated rings. The predicted octanol–water partition coefficient (Wildman–Crippen LogP) is 2.84. The lowest BCUT2D eigenvalue weighted by Gasteiger charge is -2.35. The maximum absolute atomic E-state index is 6.26. The van der Waals surface area contributed by atoms with Crippen LogP contribution in [0, 0.1) is 5.92 Å². The molecule has 2 aliphatic heterocycles. The molecule has 144 valence electrons. The second kappa shape index (κ2) is 8.87. The maximum Gasteiger partial charge on any atom is 0.191 e. The fourth-order valence-corrected chi connectivity index (χ4v) is 4.02. The van der Waals surface area contributed by atoms with Crippen molar-refractivity contribution >= 4 is 5.96 Å². The Kier molecular flexibility index (Phi) is 6.54. The van der Waals surface area contributed by atoms with Crippen molar-refractivity contribution in [3.8, 4) is 0 Å². The summed E-state index contributed by atoms with van der Waals surface area (Å²) in [5.41, 5.74) is 8.88. The third-order valence-corrected chi connectivity index (χ3v) is 5.53. The number of benzene rings is 1. The molecule has 5 nitrogen and oxygen atoms in total. The normalized spacial score (nSPS) is 26.3. The van der Waals surface area contributed by atoms with E-state index < -0.39 is 0 Å². The molecule has 2 N–H and O–H groups in total. The number of ether oxygens (including phenoxy) is 1. The molecule has 26 heavy (non-hydrogen) atoms. The summed E-state index contributed by atoms with van der Waals surface area (Å²) in [7, 11) is 0. The Morgan fingerprint density at radius 2 is 1.69 bits per heavy atom. The van der Waals surface area contributed by atoms with Crippen LogP contribution in [0.4, 0.5) is 0 Å². The molecular weight excluding hydrogens is 324 g/mol. The summed E-state index contributed by atoms with van der Waals surface area (Å²) < 4.78 is 5.85. The Labute approximate surface area is 158 Å². The van der Waals surface area contributed by atoms with Gasteiger partial charge in [-0.2, -0.15) is 0 Å². The van der Waals surface area contributed by atoms with Crippen molar-refractivity contribution in [2.75, 3.05) is 26.2 Å². The number of piperidine rings is 1. The first kappa shape index (κ1) is 19.2. The Morgan fingerprint density at radius 3 is 2.35 bits per heavy atom. The van der Waals surface area contributed by atoms with Gasteiger partial charge in [0.05, 0.1) is 18.8 Å². The molecule has 0 aliphatic carbocycles. The van der Waals surface area contributed by atoms with Crippen LogP contribution in [-0.2, 0) is 17.8 Å². The predicted molar refractivity (Wildman–Crippen MR) is 107 cm³/mol. The molecule has 0 saturated carbocycles. The highest BCUT2D eigenvalue weighted by molar-refractivity contribution is 5.78. The Balaban J connectivity index is 1.62. The van der Waals surface area contributed by atoms with Crippen molar-refractivity contribution < 1.29 is 4.74 Å². The number of guanidine groups is 1. The number of likely N-dealkylation sites (tertiary alicyclic amines) is 1. The molecule has 2 atom stereocenters. The molecule has 3 rings (SSSR count). The van der Waals surface area contributed by atoms with Gasteiger partial charge in [0.25, 0.3) is 0 Å². The van der Waals surface area contributed by atoms with Crippen LogP contribution in [0.25, 0.3) is 0 Å². The zero-order chi connectivity index (χ0) is 18.5. The molecule has 2 unspecified atom stereocenters. The molecule has 2 aliphatic rings. The largest absolute Gasteiger partial charge is 0.373 e. The molecular formula is C21H34N4O. The summed E-state index contributed by atoms with van der Waals surface area (Å²) in [6.45, 7) is 12.2. The van der Waals surface area contributed by atoms with Crippen LogP contribution >= 0.6 is 0 Å². The lowest BCUT2D eigenvalue weighted by Crippen LogP contribution is -2.45. The summed E-state index contributed by atoms with van der Waals surface area (Å²) in [5, 5.41) is 0. The quantitative estimate of drug-likeness (QED) is 0.664. The van der Waals surface area contributed by atoms with Crippen LogP contribution < -0.4 is 5.73 Å². The number of aliphatic imine (C=N–C) groups is 1. The van der Waals surface area contributed by atoms with Crippen molar-refractivity contribution in [2.45, 2.75) is 58.9 Å². The van der Waals surface area contributed by atoms with Crippen LogP contribution in [0.1, 0.15) is 44.7 Å². The summed E-state index contributed by atoms with van der Waals surface area (Å²) in [6.07, 6.45) is 3.00. The van der Waals surface area contributed by atoms with E-state index in [-0.39, 0.29) is 0 Å². The van der Waals surface area contributed by atoms with Gasteiger partial charge in [-0.25, -0.2) is 4.99 Å². The third kappa shape index (κ3) is 5.21. The van der Waals surface area contributed by atoms with Gasteiger partial charge in [0.1, 0.15) is 0 Å². The van der Waals surface area contributed by atoms with Gasteiger partial charge in [-0.05, 0) is 43.7 Å². The summed E-state index contributed by atoms with van der Waals surface area (Å²) in [5.74, 6) is 1.50. The first-order chi connectivity index (χ1) is 12.5. The third-order valence-electron chi connectivity index (χ3n) is 5.53. The number of nitrogens with zero attached hydrogens (tertiary/aromatic N) is 3. The van der Waals surface area contributed by atoms with Gasteiger partial charge in [0.2, 0.25) is 0 Å². The Morgan fingerprint density at radius 1 is 1.08 bits per heavy atom. The molecule has 1 aromatic carbocycles. The van der Waals surface area contributed by atoms with Crippen molar-refractivity contribution in [3.05, 3.63) is 35.4 Å². The molecule has 2 saturated heterocycles. The standard InChI is InChI=1S/C21H34N4O/c1-16-8-10-25(11-9-16)21(22)23-12-19-6-4-5-7-20(19)15-24-13-17(2)26-18(3)14-24/h4-7,16-18H,8-15H2,1-3H3,(H2,22,23). The minimum absolute atomic E-state index is 0.293. The minimum Gasteiger partial charge on any atom is -0.373 e. The topological polar surface area (TPSA) is 54.1 Å². The van der Waals surface area contributed by atoms with Gasteiger partial charge in [-0.3, -0.25) is 4.90 Å². The van der Waals surface area contributed by atoms with E-state index in [1.807, 2.05) is 0 Å². The second-order valence-electron chi connectivity index (χ2n) is 8.06. The summed E-state index contributed by atoms with van der Waals surface area (Å²) in [6, 6.07) is 8.61.